The van der Waals surface area contributed by atoms with E-state index < -0.39 is 0 Å². The third kappa shape index (κ3) is 3.77. The van der Waals surface area contributed by atoms with Crippen molar-refractivity contribution in [2.75, 3.05) is 26.3 Å². The molecule has 26 heavy (non-hydrogen) atoms. The molecule has 3 aromatic rings. The molecule has 2 aromatic carbocycles. The Morgan fingerprint density at radius 3 is 2.69 bits per heavy atom. The first-order valence-corrected chi connectivity index (χ1v) is 10.3. The highest BCUT2D eigenvalue weighted by Gasteiger charge is 2.21. The molecule has 1 aliphatic rings. The summed E-state index contributed by atoms with van der Waals surface area (Å²) in [5, 5.41) is 1.11. The van der Waals surface area contributed by atoms with E-state index in [1.165, 1.54) is 12.1 Å². The summed E-state index contributed by atoms with van der Waals surface area (Å²) < 4.78 is 19.5. The highest BCUT2D eigenvalue weighted by Crippen LogP contribution is 2.35. The number of thioether (sulfide) groups is 1. The summed E-state index contributed by atoms with van der Waals surface area (Å²) in [5.41, 5.74) is 1.08. The SMILES string of the molecule is O=C(c1cc2c(SCc3ccc(F)cc3)cccc2s1)N1CCOCC1. The topological polar surface area (TPSA) is 29.5 Å². The van der Waals surface area contributed by atoms with Gasteiger partial charge in [0.25, 0.3) is 5.91 Å². The molecule has 3 nitrogen and oxygen atoms in total. The van der Waals surface area contributed by atoms with Crippen LogP contribution in [0.25, 0.3) is 10.1 Å². The minimum absolute atomic E-state index is 0.0870. The Hall–Kier alpha value is -1.89. The number of hydrogen-bond acceptors (Lipinski definition) is 4. The molecule has 0 atom stereocenters. The molecule has 1 aromatic heterocycles. The Morgan fingerprint density at radius 1 is 1.15 bits per heavy atom. The molecule has 0 radical (unpaired) electrons. The van der Waals surface area contributed by atoms with Gasteiger partial charge in [0.1, 0.15) is 5.82 Å². The van der Waals surface area contributed by atoms with Crippen LogP contribution in [0.5, 0.6) is 0 Å². The number of carbonyl (C=O) groups excluding carboxylic acids is 1. The highest BCUT2D eigenvalue weighted by molar-refractivity contribution is 7.98. The molecule has 134 valence electrons. The lowest BCUT2D eigenvalue weighted by atomic mass is 10.2. The minimum Gasteiger partial charge on any atom is -0.378 e. The number of morpholine rings is 1. The number of halogens is 1. The van der Waals surface area contributed by atoms with Crippen LogP contribution in [-0.4, -0.2) is 37.1 Å². The fourth-order valence-electron chi connectivity index (χ4n) is 2.93. The van der Waals surface area contributed by atoms with Crippen molar-refractivity contribution in [2.45, 2.75) is 10.6 Å². The van der Waals surface area contributed by atoms with E-state index >= 15 is 0 Å². The van der Waals surface area contributed by atoms with Gasteiger partial charge in [-0.25, -0.2) is 4.39 Å². The molecule has 1 fully saturated rings. The predicted octanol–water partition coefficient (Wildman–Crippen LogP) is 4.81. The maximum absolute atomic E-state index is 13.0. The predicted molar refractivity (Wildman–Crippen MR) is 105 cm³/mol. The summed E-state index contributed by atoms with van der Waals surface area (Å²) in [6.07, 6.45) is 0. The number of amides is 1. The average molecular weight is 388 g/mol. The summed E-state index contributed by atoms with van der Waals surface area (Å²) in [5.74, 6) is 0.635. The monoisotopic (exact) mass is 387 g/mol. The normalized spacial score (nSPS) is 14.7. The van der Waals surface area contributed by atoms with Crippen LogP contribution in [0.1, 0.15) is 15.2 Å². The number of ether oxygens (including phenoxy) is 1. The van der Waals surface area contributed by atoms with E-state index in [0.29, 0.717) is 26.3 Å². The van der Waals surface area contributed by atoms with Gasteiger partial charge in [0, 0.05) is 33.8 Å². The third-order valence-electron chi connectivity index (χ3n) is 4.34. The molecule has 1 aliphatic heterocycles. The molecular weight excluding hydrogens is 369 g/mol. The lowest BCUT2D eigenvalue weighted by molar-refractivity contribution is 0.0306. The molecule has 1 amide bonds. The molecule has 0 bridgehead atoms. The Balaban J connectivity index is 1.55. The molecule has 0 unspecified atom stereocenters. The van der Waals surface area contributed by atoms with Crippen molar-refractivity contribution in [1.82, 2.24) is 4.90 Å². The number of carbonyl (C=O) groups is 1. The van der Waals surface area contributed by atoms with E-state index in [-0.39, 0.29) is 11.7 Å². The number of rotatable bonds is 4. The van der Waals surface area contributed by atoms with Crippen LogP contribution < -0.4 is 0 Å². The summed E-state index contributed by atoms with van der Waals surface area (Å²) >= 11 is 3.25. The van der Waals surface area contributed by atoms with E-state index in [4.69, 9.17) is 4.74 Å². The molecule has 6 heteroatoms. The van der Waals surface area contributed by atoms with Gasteiger partial charge in [-0.3, -0.25) is 4.79 Å². The third-order valence-corrected chi connectivity index (χ3v) is 6.57. The van der Waals surface area contributed by atoms with Gasteiger partial charge in [0.05, 0.1) is 18.1 Å². The first-order valence-electron chi connectivity index (χ1n) is 8.47. The molecule has 1 saturated heterocycles. The summed E-state index contributed by atoms with van der Waals surface area (Å²) in [6.45, 7) is 2.52. The Bertz CT molecular complexity index is 917. The summed E-state index contributed by atoms with van der Waals surface area (Å²) in [6, 6.07) is 14.7. The number of benzene rings is 2. The van der Waals surface area contributed by atoms with Gasteiger partial charge in [0.15, 0.2) is 0 Å². The summed E-state index contributed by atoms with van der Waals surface area (Å²) in [4.78, 5) is 16.5. The van der Waals surface area contributed by atoms with Gasteiger partial charge in [0.2, 0.25) is 0 Å². The standard InChI is InChI=1S/C20H18FNO2S2/c21-15-6-4-14(5-7-15)13-25-17-2-1-3-18-16(17)12-19(26-18)20(23)22-8-10-24-11-9-22/h1-7,12H,8-11,13H2. The highest BCUT2D eigenvalue weighted by atomic mass is 32.2. The maximum Gasteiger partial charge on any atom is 0.264 e. The molecule has 0 aliphatic carbocycles. The van der Waals surface area contributed by atoms with Crippen molar-refractivity contribution in [2.24, 2.45) is 0 Å². The van der Waals surface area contributed by atoms with Crippen LogP contribution in [0.2, 0.25) is 0 Å². The summed E-state index contributed by atoms with van der Waals surface area (Å²) in [7, 11) is 0. The molecule has 4 rings (SSSR count). The lowest BCUT2D eigenvalue weighted by Gasteiger charge is -2.26. The van der Waals surface area contributed by atoms with E-state index in [1.807, 2.05) is 29.2 Å². The fourth-order valence-corrected chi connectivity index (χ4v) is 5.06. The van der Waals surface area contributed by atoms with Crippen LogP contribution in [-0.2, 0) is 10.5 Å². The second-order valence-corrected chi connectivity index (χ2v) is 8.20. The number of hydrogen-bond donors (Lipinski definition) is 0. The van der Waals surface area contributed by atoms with Crippen LogP contribution in [0.4, 0.5) is 4.39 Å². The molecule has 0 spiro atoms. The van der Waals surface area contributed by atoms with Crippen LogP contribution in [0.3, 0.4) is 0 Å². The van der Waals surface area contributed by atoms with Crippen molar-refractivity contribution in [3.8, 4) is 0 Å². The minimum atomic E-state index is -0.218. The van der Waals surface area contributed by atoms with E-state index in [1.54, 1.807) is 23.1 Å². The second kappa shape index (κ2) is 7.78. The number of fused-ring (bicyclic) bond motifs is 1. The fraction of sp³-hybridized carbons (Fsp3) is 0.250. The number of thiophene rings is 1. The van der Waals surface area contributed by atoms with Gasteiger partial charge in [-0.05, 0) is 35.9 Å². The van der Waals surface area contributed by atoms with Gasteiger partial charge in [-0.2, -0.15) is 0 Å². The van der Waals surface area contributed by atoms with Crippen molar-refractivity contribution < 1.29 is 13.9 Å². The smallest absolute Gasteiger partial charge is 0.264 e. The Labute approximate surface area is 159 Å². The number of nitrogens with zero attached hydrogens (tertiary/aromatic N) is 1. The van der Waals surface area contributed by atoms with Gasteiger partial charge in [-0.1, -0.05) is 18.2 Å². The zero-order valence-electron chi connectivity index (χ0n) is 14.1. The van der Waals surface area contributed by atoms with Crippen molar-refractivity contribution in [3.63, 3.8) is 0 Å². The van der Waals surface area contributed by atoms with Gasteiger partial charge in [-0.15, -0.1) is 23.1 Å². The Kier molecular flexibility index (Phi) is 5.24. The second-order valence-electron chi connectivity index (χ2n) is 6.10. The zero-order valence-corrected chi connectivity index (χ0v) is 15.7. The zero-order chi connectivity index (χ0) is 17.9. The van der Waals surface area contributed by atoms with Gasteiger partial charge < -0.3 is 9.64 Å². The van der Waals surface area contributed by atoms with E-state index in [0.717, 1.165) is 31.2 Å². The van der Waals surface area contributed by atoms with Crippen molar-refractivity contribution in [1.29, 1.82) is 0 Å². The largest absolute Gasteiger partial charge is 0.378 e. The molecular formula is C20H18FNO2S2. The maximum atomic E-state index is 13.0. The van der Waals surface area contributed by atoms with Gasteiger partial charge >= 0.3 is 0 Å². The lowest BCUT2D eigenvalue weighted by Crippen LogP contribution is -2.40. The molecule has 2 heterocycles. The van der Waals surface area contributed by atoms with E-state index in [9.17, 15) is 9.18 Å². The quantitative estimate of drug-likeness (QED) is 0.602. The molecule has 0 saturated carbocycles. The van der Waals surface area contributed by atoms with Crippen molar-refractivity contribution >= 4 is 39.1 Å². The average Bonchev–Trinajstić information content (AvgIpc) is 3.12. The van der Waals surface area contributed by atoms with E-state index in [2.05, 4.69) is 12.1 Å². The van der Waals surface area contributed by atoms with Crippen LogP contribution in [0, 0.1) is 5.82 Å². The molecule has 0 N–H and O–H groups in total. The first-order chi connectivity index (χ1) is 12.7. The van der Waals surface area contributed by atoms with Crippen LogP contribution in [0.15, 0.2) is 53.4 Å². The first kappa shape index (κ1) is 17.5. The Morgan fingerprint density at radius 2 is 1.92 bits per heavy atom. The van der Waals surface area contributed by atoms with Crippen LogP contribution >= 0.6 is 23.1 Å². The van der Waals surface area contributed by atoms with Crippen molar-refractivity contribution in [3.05, 3.63) is 64.8 Å².